The van der Waals surface area contributed by atoms with E-state index < -0.39 is 0 Å². The second kappa shape index (κ2) is 6.70. The lowest BCUT2D eigenvalue weighted by atomic mass is 10.2. The van der Waals surface area contributed by atoms with E-state index >= 15 is 0 Å². The molecule has 2 N–H and O–H groups in total. The zero-order valence-corrected chi connectivity index (χ0v) is 12.0. The van der Waals surface area contributed by atoms with Gasteiger partial charge in [0.2, 0.25) is 0 Å². The van der Waals surface area contributed by atoms with Gasteiger partial charge in [0.1, 0.15) is 12.7 Å². The molecule has 0 bridgehead atoms. The van der Waals surface area contributed by atoms with Crippen LogP contribution in [0, 0.1) is 0 Å². The predicted molar refractivity (Wildman–Crippen MR) is 79.8 cm³/mol. The van der Waals surface area contributed by atoms with E-state index in [0.717, 1.165) is 18.2 Å². The van der Waals surface area contributed by atoms with Gasteiger partial charge in [0.25, 0.3) is 0 Å². The summed E-state index contributed by atoms with van der Waals surface area (Å²) in [5.41, 5.74) is 2.18. The number of aromatic nitrogens is 3. The molecule has 0 saturated heterocycles. The third-order valence-corrected chi connectivity index (χ3v) is 2.73. The molecule has 0 unspecified atom stereocenters. The van der Waals surface area contributed by atoms with Gasteiger partial charge in [-0.05, 0) is 31.5 Å². The van der Waals surface area contributed by atoms with Crippen LogP contribution in [-0.4, -0.2) is 33.8 Å². The molecule has 0 amide bonds. The highest BCUT2D eigenvalue weighted by molar-refractivity contribution is 5.79. The number of hydrogen-bond donors (Lipinski definition) is 2. The van der Waals surface area contributed by atoms with Gasteiger partial charge in [0.15, 0.2) is 5.96 Å². The average Bonchev–Trinajstić information content (AvgIpc) is 2.97. The van der Waals surface area contributed by atoms with Crippen molar-refractivity contribution in [2.45, 2.75) is 26.4 Å². The van der Waals surface area contributed by atoms with Crippen molar-refractivity contribution in [2.75, 3.05) is 7.05 Å². The van der Waals surface area contributed by atoms with Gasteiger partial charge in [-0.3, -0.25) is 4.99 Å². The van der Waals surface area contributed by atoms with E-state index in [9.17, 15) is 0 Å². The first-order chi connectivity index (χ1) is 9.69. The minimum atomic E-state index is 0.357. The van der Waals surface area contributed by atoms with Crippen molar-refractivity contribution in [1.29, 1.82) is 0 Å². The number of nitrogens with zero attached hydrogens (tertiary/aromatic N) is 4. The minimum Gasteiger partial charge on any atom is -0.354 e. The van der Waals surface area contributed by atoms with Crippen LogP contribution in [0.15, 0.2) is 41.9 Å². The normalized spacial score (nSPS) is 11.7. The molecule has 106 valence electrons. The number of benzene rings is 1. The van der Waals surface area contributed by atoms with E-state index in [4.69, 9.17) is 0 Å². The van der Waals surface area contributed by atoms with Gasteiger partial charge in [-0.25, -0.2) is 9.67 Å². The van der Waals surface area contributed by atoms with Crippen LogP contribution in [0.3, 0.4) is 0 Å². The molecule has 2 aromatic rings. The molecule has 0 radical (unpaired) electrons. The molecule has 0 atom stereocenters. The molecule has 0 spiro atoms. The van der Waals surface area contributed by atoms with Crippen LogP contribution in [0.5, 0.6) is 0 Å². The van der Waals surface area contributed by atoms with Crippen LogP contribution in [0.25, 0.3) is 5.69 Å². The standard InChI is InChI=1S/C14H20N6/c1-11(2)19-14(15-3)17-8-12-4-6-13(7-5-12)20-10-16-9-18-20/h4-7,9-11H,8H2,1-3H3,(H2,15,17,19). The highest BCUT2D eigenvalue weighted by Crippen LogP contribution is 2.07. The Morgan fingerprint density at radius 1 is 1.30 bits per heavy atom. The Bertz CT molecular complexity index is 542. The SMILES string of the molecule is CN=C(NCc1ccc(-n2cncn2)cc1)NC(C)C. The van der Waals surface area contributed by atoms with Gasteiger partial charge >= 0.3 is 0 Å². The first kappa shape index (κ1) is 14.0. The fourth-order valence-electron chi connectivity index (χ4n) is 1.76. The van der Waals surface area contributed by atoms with E-state index in [2.05, 4.69) is 51.7 Å². The molecule has 0 fully saturated rings. The molecule has 0 aliphatic rings. The van der Waals surface area contributed by atoms with Crippen molar-refractivity contribution in [3.8, 4) is 5.69 Å². The molecule has 0 saturated carbocycles. The van der Waals surface area contributed by atoms with E-state index in [1.165, 1.54) is 11.9 Å². The molecule has 2 rings (SSSR count). The Kier molecular flexibility index (Phi) is 4.70. The fourth-order valence-corrected chi connectivity index (χ4v) is 1.76. The largest absolute Gasteiger partial charge is 0.354 e. The maximum atomic E-state index is 4.17. The molecule has 6 heteroatoms. The summed E-state index contributed by atoms with van der Waals surface area (Å²) in [7, 11) is 1.77. The van der Waals surface area contributed by atoms with E-state index in [1.54, 1.807) is 18.1 Å². The smallest absolute Gasteiger partial charge is 0.191 e. The molecule has 1 heterocycles. The van der Waals surface area contributed by atoms with Gasteiger partial charge < -0.3 is 10.6 Å². The monoisotopic (exact) mass is 272 g/mol. The predicted octanol–water partition coefficient (Wildman–Crippen LogP) is 1.34. The Morgan fingerprint density at radius 3 is 2.60 bits per heavy atom. The molecule has 0 aliphatic carbocycles. The summed E-state index contributed by atoms with van der Waals surface area (Å²) in [5, 5.41) is 10.6. The summed E-state index contributed by atoms with van der Waals surface area (Å²) < 4.78 is 1.73. The average molecular weight is 272 g/mol. The second-order valence-corrected chi connectivity index (χ2v) is 4.73. The Hall–Kier alpha value is -2.37. The maximum absolute atomic E-state index is 4.17. The van der Waals surface area contributed by atoms with Crippen LogP contribution in [0.4, 0.5) is 0 Å². The summed E-state index contributed by atoms with van der Waals surface area (Å²) in [4.78, 5) is 8.11. The van der Waals surface area contributed by atoms with E-state index in [1.807, 2.05) is 12.1 Å². The van der Waals surface area contributed by atoms with Gasteiger partial charge in [-0.1, -0.05) is 12.1 Å². The minimum absolute atomic E-state index is 0.357. The molecule has 20 heavy (non-hydrogen) atoms. The lowest BCUT2D eigenvalue weighted by molar-refractivity contribution is 0.699. The van der Waals surface area contributed by atoms with E-state index in [0.29, 0.717) is 6.04 Å². The maximum Gasteiger partial charge on any atom is 0.191 e. The van der Waals surface area contributed by atoms with Gasteiger partial charge in [-0.15, -0.1) is 0 Å². The molecular formula is C14H20N6. The highest BCUT2D eigenvalue weighted by Gasteiger charge is 2.01. The number of nitrogens with one attached hydrogen (secondary N) is 2. The Labute approximate surface area is 119 Å². The Balaban J connectivity index is 1.94. The van der Waals surface area contributed by atoms with Gasteiger partial charge in [0, 0.05) is 19.6 Å². The van der Waals surface area contributed by atoms with Gasteiger partial charge in [0.05, 0.1) is 5.69 Å². The number of hydrogen-bond acceptors (Lipinski definition) is 3. The summed E-state index contributed by atoms with van der Waals surface area (Å²) in [5.74, 6) is 0.806. The number of aliphatic imine (C=N–C) groups is 1. The fraction of sp³-hybridized carbons (Fsp3) is 0.357. The van der Waals surface area contributed by atoms with Crippen molar-refractivity contribution in [3.63, 3.8) is 0 Å². The molecule has 1 aromatic heterocycles. The van der Waals surface area contributed by atoms with Crippen LogP contribution >= 0.6 is 0 Å². The Morgan fingerprint density at radius 2 is 2.05 bits per heavy atom. The molecule has 1 aromatic carbocycles. The van der Waals surface area contributed by atoms with E-state index in [-0.39, 0.29) is 0 Å². The third-order valence-electron chi connectivity index (χ3n) is 2.73. The van der Waals surface area contributed by atoms with Crippen LogP contribution < -0.4 is 10.6 Å². The summed E-state index contributed by atoms with van der Waals surface area (Å²) >= 11 is 0. The summed E-state index contributed by atoms with van der Waals surface area (Å²) in [6.45, 7) is 4.89. The molecule has 6 nitrogen and oxygen atoms in total. The summed E-state index contributed by atoms with van der Waals surface area (Å²) in [6.07, 6.45) is 3.21. The third kappa shape index (κ3) is 3.81. The van der Waals surface area contributed by atoms with Gasteiger partial charge in [-0.2, -0.15) is 5.10 Å². The van der Waals surface area contributed by atoms with Crippen LogP contribution in [0.1, 0.15) is 19.4 Å². The number of guanidine groups is 1. The van der Waals surface area contributed by atoms with Crippen molar-refractivity contribution in [3.05, 3.63) is 42.5 Å². The quantitative estimate of drug-likeness (QED) is 0.651. The number of rotatable bonds is 4. The molecule has 0 aliphatic heterocycles. The first-order valence-corrected chi connectivity index (χ1v) is 6.60. The topological polar surface area (TPSA) is 67.1 Å². The van der Waals surface area contributed by atoms with Crippen molar-refractivity contribution in [1.82, 2.24) is 25.4 Å². The zero-order chi connectivity index (χ0) is 14.4. The van der Waals surface area contributed by atoms with Crippen molar-refractivity contribution < 1.29 is 0 Å². The van der Waals surface area contributed by atoms with Crippen molar-refractivity contribution >= 4 is 5.96 Å². The van der Waals surface area contributed by atoms with Crippen LogP contribution in [0.2, 0.25) is 0 Å². The van der Waals surface area contributed by atoms with Crippen molar-refractivity contribution in [2.24, 2.45) is 4.99 Å². The zero-order valence-electron chi connectivity index (χ0n) is 12.0. The van der Waals surface area contributed by atoms with Crippen LogP contribution in [-0.2, 0) is 6.54 Å². The highest BCUT2D eigenvalue weighted by atomic mass is 15.3. The lowest BCUT2D eigenvalue weighted by Crippen LogP contribution is -2.40. The summed E-state index contributed by atoms with van der Waals surface area (Å²) in [6, 6.07) is 8.52. The first-order valence-electron chi connectivity index (χ1n) is 6.60. The lowest BCUT2D eigenvalue weighted by Gasteiger charge is -2.14. The second-order valence-electron chi connectivity index (χ2n) is 4.73. The molecular weight excluding hydrogens is 252 g/mol.